The molecule has 4 nitrogen and oxygen atoms in total. The zero-order valence-electron chi connectivity index (χ0n) is 10.8. The molecule has 0 aromatic heterocycles. The number of amides is 1. The highest BCUT2D eigenvalue weighted by Gasteiger charge is 2.35. The average molecular weight is 272 g/mol. The lowest BCUT2D eigenvalue weighted by atomic mass is 10.0. The third-order valence-electron chi connectivity index (χ3n) is 3.83. The minimum Gasteiger partial charge on any atom is -0.350 e. The first-order chi connectivity index (χ1) is 8.68. The highest BCUT2D eigenvalue weighted by Crippen LogP contribution is 2.24. The minimum absolute atomic E-state index is 0.0316. The Morgan fingerprint density at radius 2 is 2.11 bits per heavy atom. The van der Waals surface area contributed by atoms with Gasteiger partial charge in [-0.2, -0.15) is 0 Å². The molecular weight excluding hydrogens is 250 g/mol. The summed E-state index contributed by atoms with van der Waals surface area (Å²) in [7, 11) is 0. The monoisotopic (exact) mass is 271 g/mol. The maximum absolute atomic E-state index is 12.1. The number of hydrogen-bond acceptors (Lipinski definition) is 3. The molecule has 0 saturated carbocycles. The van der Waals surface area contributed by atoms with Gasteiger partial charge >= 0.3 is 0 Å². The Hall–Kier alpha value is -0.580. The summed E-state index contributed by atoms with van der Waals surface area (Å²) in [5, 5.41) is 6.71. The number of hydrogen-bond donors (Lipinski definition) is 2. The van der Waals surface area contributed by atoms with Crippen molar-refractivity contribution in [2.24, 2.45) is 0 Å². The largest absolute Gasteiger partial charge is 0.350 e. The van der Waals surface area contributed by atoms with E-state index in [1.54, 1.807) is 0 Å². The first-order valence-corrected chi connectivity index (χ1v) is 7.13. The van der Waals surface area contributed by atoms with Crippen molar-refractivity contribution in [1.29, 1.82) is 0 Å². The fourth-order valence-corrected chi connectivity index (χ4v) is 3.01. The Bertz CT molecular complexity index is 315. The molecule has 2 aliphatic rings. The van der Waals surface area contributed by atoms with E-state index in [0.29, 0.717) is 17.6 Å². The number of nitrogens with one attached hydrogen (secondary N) is 2. The molecule has 1 amide bonds. The van der Waals surface area contributed by atoms with Crippen LogP contribution in [0.1, 0.15) is 25.7 Å². The minimum atomic E-state index is 0.0316. The van der Waals surface area contributed by atoms with Crippen molar-refractivity contribution in [1.82, 2.24) is 15.5 Å². The van der Waals surface area contributed by atoms with Gasteiger partial charge in [0.15, 0.2) is 0 Å². The molecule has 2 heterocycles. The lowest BCUT2D eigenvalue weighted by Gasteiger charge is -2.35. The maximum Gasteiger partial charge on any atom is 0.237 e. The number of nitrogens with zero attached hydrogens (tertiary/aromatic N) is 1. The van der Waals surface area contributed by atoms with Crippen molar-refractivity contribution in [3.8, 4) is 0 Å². The Kier molecular flexibility index (Phi) is 5.03. The molecule has 2 fully saturated rings. The van der Waals surface area contributed by atoms with Crippen molar-refractivity contribution in [2.75, 3.05) is 26.2 Å². The molecule has 2 aliphatic heterocycles. The first-order valence-electron chi connectivity index (χ1n) is 6.76. The second-order valence-electron chi connectivity index (χ2n) is 5.11. The van der Waals surface area contributed by atoms with Crippen molar-refractivity contribution < 1.29 is 4.79 Å². The third-order valence-corrected chi connectivity index (χ3v) is 3.96. The Morgan fingerprint density at radius 3 is 2.78 bits per heavy atom. The quantitative estimate of drug-likeness (QED) is 0.804. The van der Waals surface area contributed by atoms with Crippen molar-refractivity contribution in [3.63, 3.8) is 0 Å². The van der Waals surface area contributed by atoms with Crippen molar-refractivity contribution >= 4 is 17.5 Å². The third kappa shape index (κ3) is 3.46. The van der Waals surface area contributed by atoms with Gasteiger partial charge in [-0.3, -0.25) is 9.69 Å². The molecule has 2 saturated heterocycles. The van der Waals surface area contributed by atoms with Gasteiger partial charge < -0.3 is 10.6 Å². The lowest BCUT2D eigenvalue weighted by molar-refractivity contribution is -0.126. The van der Waals surface area contributed by atoms with Gasteiger partial charge in [0.1, 0.15) is 0 Å². The highest BCUT2D eigenvalue weighted by molar-refractivity contribution is 6.29. The summed E-state index contributed by atoms with van der Waals surface area (Å²) in [6, 6.07) is 0.591. The number of rotatable bonds is 4. The second-order valence-corrected chi connectivity index (χ2v) is 5.65. The average Bonchev–Trinajstić information content (AvgIpc) is 2.86. The van der Waals surface area contributed by atoms with E-state index in [2.05, 4.69) is 22.1 Å². The van der Waals surface area contributed by atoms with E-state index in [1.807, 2.05) is 0 Å². The van der Waals surface area contributed by atoms with Gasteiger partial charge in [0.05, 0.1) is 12.6 Å². The molecule has 0 radical (unpaired) electrons. The fourth-order valence-electron chi connectivity index (χ4n) is 2.95. The van der Waals surface area contributed by atoms with Crippen LogP contribution in [0.15, 0.2) is 11.6 Å². The lowest BCUT2D eigenvalue weighted by Crippen LogP contribution is -2.50. The molecule has 0 spiro atoms. The highest BCUT2D eigenvalue weighted by atomic mass is 35.5. The summed E-state index contributed by atoms with van der Waals surface area (Å²) in [4.78, 5) is 14.5. The number of halogens is 1. The van der Waals surface area contributed by atoms with Crippen LogP contribution in [0, 0.1) is 0 Å². The van der Waals surface area contributed by atoms with Crippen LogP contribution in [0.3, 0.4) is 0 Å². The van der Waals surface area contributed by atoms with Crippen LogP contribution >= 0.6 is 11.6 Å². The van der Waals surface area contributed by atoms with E-state index < -0.39 is 0 Å². The predicted octanol–water partition coefficient (Wildman–Crippen LogP) is 1.07. The molecule has 18 heavy (non-hydrogen) atoms. The van der Waals surface area contributed by atoms with Gasteiger partial charge in [-0.1, -0.05) is 18.2 Å². The van der Waals surface area contributed by atoms with Crippen LogP contribution in [0.25, 0.3) is 0 Å². The normalized spacial score (nSPS) is 26.2. The van der Waals surface area contributed by atoms with Crippen LogP contribution in [-0.2, 0) is 4.79 Å². The van der Waals surface area contributed by atoms with Crippen LogP contribution < -0.4 is 10.6 Å². The molecule has 0 bridgehead atoms. The molecular formula is C13H22ClN3O. The number of carbonyl (C=O) groups excluding carboxylic acids is 1. The van der Waals surface area contributed by atoms with E-state index in [9.17, 15) is 4.79 Å². The van der Waals surface area contributed by atoms with Gasteiger partial charge in [-0.25, -0.2) is 0 Å². The van der Waals surface area contributed by atoms with Crippen LogP contribution in [0.4, 0.5) is 0 Å². The number of carbonyl (C=O) groups is 1. The maximum atomic E-state index is 12.1. The molecule has 5 heteroatoms. The molecule has 2 rings (SSSR count). The van der Waals surface area contributed by atoms with E-state index >= 15 is 0 Å². The fraction of sp³-hybridized carbons (Fsp3) is 0.769. The number of piperidine rings is 1. The van der Waals surface area contributed by atoms with Crippen molar-refractivity contribution in [2.45, 2.75) is 37.8 Å². The molecule has 0 aromatic carbocycles. The van der Waals surface area contributed by atoms with Crippen LogP contribution in [-0.4, -0.2) is 49.1 Å². The van der Waals surface area contributed by atoms with Crippen molar-refractivity contribution in [3.05, 3.63) is 11.6 Å². The molecule has 1 atom stereocenters. The van der Waals surface area contributed by atoms with Gasteiger partial charge in [-0.05, 0) is 45.3 Å². The van der Waals surface area contributed by atoms with Crippen LogP contribution in [0.2, 0.25) is 0 Å². The van der Waals surface area contributed by atoms with Gasteiger partial charge in [-0.15, -0.1) is 0 Å². The molecule has 102 valence electrons. The SMILES string of the molecule is C=C(Cl)CNC(=O)C1CCCN1C1CCNCC1. The molecule has 1 unspecified atom stereocenters. The Labute approximate surface area is 114 Å². The topological polar surface area (TPSA) is 44.4 Å². The van der Waals surface area contributed by atoms with E-state index in [4.69, 9.17) is 11.6 Å². The van der Waals surface area contributed by atoms with Gasteiger partial charge in [0.2, 0.25) is 5.91 Å². The van der Waals surface area contributed by atoms with Crippen LogP contribution in [0.5, 0.6) is 0 Å². The molecule has 0 aromatic rings. The van der Waals surface area contributed by atoms with E-state index in [-0.39, 0.29) is 11.9 Å². The predicted molar refractivity (Wildman–Crippen MR) is 73.6 cm³/mol. The summed E-state index contributed by atoms with van der Waals surface area (Å²) in [6.07, 6.45) is 4.37. The summed E-state index contributed by atoms with van der Waals surface area (Å²) in [5.74, 6) is 0.104. The molecule has 0 aliphatic carbocycles. The molecule has 2 N–H and O–H groups in total. The summed E-state index contributed by atoms with van der Waals surface area (Å²) in [5.41, 5.74) is 0. The second kappa shape index (κ2) is 6.55. The van der Waals surface area contributed by atoms with Gasteiger partial charge in [0.25, 0.3) is 0 Å². The summed E-state index contributed by atoms with van der Waals surface area (Å²) >= 11 is 5.68. The zero-order valence-corrected chi connectivity index (χ0v) is 11.5. The number of likely N-dealkylation sites (tertiary alicyclic amines) is 1. The zero-order chi connectivity index (χ0) is 13.0. The Balaban J connectivity index is 1.89. The summed E-state index contributed by atoms with van der Waals surface area (Å²) < 4.78 is 0. The van der Waals surface area contributed by atoms with Gasteiger partial charge in [0, 0.05) is 11.1 Å². The Morgan fingerprint density at radius 1 is 1.39 bits per heavy atom. The first kappa shape index (κ1) is 13.8. The van der Waals surface area contributed by atoms with E-state index in [0.717, 1.165) is 45.3 Å². The van der Waals surface area contributed by atoms with E-state index in [1.165, 1.54) is 0 Å². The summed E-state index contributed by atoms with van der Waals surface area (Å²) in [6.45, 7) is 7.14. The smallest absolute Gasteiger partial charge is 0.237 e. The standard InChI is InChI=1S/C13H22ClN3O/c1-10(14)9-16-13(18)12-3-2-8-17(12)11-4-6-15-7-5-11/h11-12,15H,1-9H2,(H,16,18).